The first-order valence-electron chi connectivity index (χ1n) is 7.29. The number of aliphatic imine (C=N–C) groups is 2. The molecule has 0 saturated heterocycles. The molecule has 0 bridgehead atoms. The van der Waals surface area contributed by atoms with Gasteiger partial charge in [-0.05, 0) is 44.3 Å². The van der Waals surface area contributed by atoms with Crippen LogP contribution in [0.2, 0.25) is 0 Å². The van der Waals surface area contributed by atoms with Crippen LogP contribution in [0.1, 0.15) is 16.9 Å². The second kappa shape index (κ2) is 8.79. The molecule has 26 heavy (non-hydrogen) atoms. The van der Waals surface area contributed by atoms with Crippen LogP contribution in [0.5, 0.6) is 0 Å². The summed E-state index contributed by atoms with van der Waals surface area (Å²) >= 11 is 6.55. The van der Waals surface area contributed by atoms with Crippen LogP contribution in [0.15, 0.2) is 36.9 Å². The van der Waals surface area contributed by atoms with Crippen molar-refractivity contribution >= 4 is 59.7 Å². The van der Waals surface area contributed by atoms with Gasteiger partial charge in [0.15, 0.2) is 11.8 Å². The normalized spacial score (nSPS) is 17.4. The molecule has 0 aliphatic carbocycles. The van der Waals surface area contributed by atoms with Gasteiger partial charge in [-0.25, -0.2) is 0 Å². The van der Waals surface area contributed by atoms with E-state index < -0.39 is 15.9 Å². The zero-order valence-corrected chi connectivity index (χ0v) is 17.3. The van der Waals surface area contributed by atoms with E-state index in [1.165, 1.54) is 0 Å². The van der Waals surface area contributed by atoms with Crippen molar-refractivity contribution in [3.63, 3.8) is 0 Å². The summed E-state index contributed by atoms with van der Waals surface area (Å²) < 4.78 is 31.6. The number of carbonyl (C=O) groups is 1. The topological polar surface area (TPSA) is 162 Å². The van der Waals surface area contributed by atoms with Crippen LogP contribution in [-0.2, 0) is 10.1 Å². The summed E-state index contributed by atoms with van der Waals surface area (Å²) in [6.45, 7) is 0.216. The largest absolute Gasteiger partial charge is 0.369 e. The average Bonchev–Trinajstić information content (AvgIpc) is 3.05. The number of nitrogens with zero attached hydrogens (tertiary/aromatic N) is 2. The number of amides is 1. The fourth-order valence-electron chi connectivity index (χ4n) is 1.95. The van der Waals surface area contributed by atoms with Gasteiger partial charge in [-0.1, -0.05) is 6.08 Å². The molecule has 1 aromatic rings. The highest BCUT2D eigenvalue weighted by atomic mass is 79.9. The quantitative estimate of drug-likeness (QED) is 0.268. The predicted molar refractivity (Wildman–Crippen MR) is 105 cm³/mol. The molecule has 1 aliphatic heterocycles. The maximum Gasteiger partial charge on any atom is 0.267 e. The molecule has 1 aliphatic rings. The molecule has 0 unspecified atom stereocenters. The third-order valence-corrected chi connectivity index (χ3v) is 5.57. The Morgan fingerprint density at radius 1 is 1.46 bits per heavy atom. The smallest absolute Gasteiger partial charge is 0.267 e. The Bertz CT molecular complexity index is 871. The number of hydrogen-bond acceptors (Lipinski definition) is 6. The number of amidine groups is 1. The second-order valence-corrected chi connectivity index (χ2v) is 8.34. The van der Waals surface area contributed by atoms with E-state index in [1.54, 1.807) is 12.1 Å². The van der Waals surface area contributed by atoms with Crippen LogP contribution < -0.4 is 16.4 Å². The second-order valence-electron chi connectivity index (χ2n) is 5.12. The van der Waals surface area contributed by atoms with Gasteiger partial charge < -0.3 is 21.4 Å². The number of carbonyl (C=O) groups excluding carboxylic acids is 1. The van der Waals surface area contributed by atoms with Crippen LogP contribution in [0, 0.1) is 0 Å². The number of aromatic nitrogens is 1. The number of H-pyrrole nitrogens is 1. The van der Waals surface area contributed by atoms with Gasteiger partial charge in [-0.15, -0.1) is 0 Å². The Morgan fingerprint density at radius 3 is 2.81 bits per heavy atom. The maximum atomic E-state index is 12.0. The lowest BCUT2D eigenvalue weighted by molar-refractivity contribution is 0.0950. The number of aromatic amines is 1. The first-order valence-corrected chi connectivity index (χ1v) is 10.5. The van der Waals surface area contributed by atoms with Crippen molar-refractivity contribution in [1.29, 1.82) is 0 Å². The minimum atomic E-state index is -4.09. The van der Waals surface area contributed by atoms with Crippen LogP contribution in [0.25, 0.3) is 0 Å². The lowest BCUT2D eigenvalue weighted by Gasteiger charge is -2.03. The van der Waals surface area contributed by atoms with E-state index in [9.17, 15) is 13.2 Å². The van der Waals surface area contributed by atoms with Crippen molar-refractivity contribution in [3.05, 3.63) is 32.6 Å². The van der Waals surface area contributed by atoms with E-state index in [4.69, 9.17) is 10.3 Å². The molecule has 1 aromatic heterocycles. The summed E-state index contributed by atoms with van der Waals surface area (Å²) in [4.78, 5) is 22.8. The Morgan fingerprint density at radius 2 is 2.19 bits per heavy atom. The van der Waals surface area contributed by atoms with Crippen LogP contribution in [0.3, 0.4) is 0 Å². The summed E-state index contributed by atoms with van der Waals surface area (Å²) in [5.74, 6) is -0.384. The van der Waals surface area contributed by atoms with Crippen molar-refractivity contribution in [2.75, 3.05) is 18.8 Å². The van der Waals surface area contributed by atoms with Gasteiger partial charge in [0, 0.05) is 6.54 Å². The molecule has 2 rings (SSSR count). The predicted octanol–water partition coefficient (Wildman–Crippen LogP) is 0.748. The molecule has 0 saturated carbocycles. The third kappa shape index (κ3) is 6.23. The molecule has 13 heteroatoms. The fourth-order valence-corrected chi connectivity index (χ4v) is 2.93. The molecule has 0 atom stereocenters. The number of halogens is 2. The number of nitrogens with two attached hydrogens (primary N) is 1. The molecule has 2 heterocycles. The van der Waals surface area contributed by atoms with E-state index in [0.717, 1.165) is 4.47 Å². The maximum absolute atomic E-state index is 12.0. The molecule has 6 N–H and O–H groups in total. The fraction of sp³-hybridized carbons (Fsp3) is 0.308. The molecule has 0 aromatic carbocycles. The third-order valence-electron chi connectivity index (χ3n) is 3.09. The van der Waals surface area contributed by atoms with Gasteiger partial charge in [0.25, 0.3) is 16.0 Å². The van der Waals surface area contributed by atoms with E-state index >= 15 is 0 Å². The summed E-state index contributed by atoms with van der Waals surface area (Å²) in [5.41, 5.74) is 6.51. The number of guanidine groups is 1. The standard InChI is InChI=1S/C13H16Br2N6O4S/c14-7-6-9(19-10(7)15)12(22)18-3-1-2-8-11(21-13(16)20-8)17-4-5-26(23,24)25/h2,6,19H,1,3-5H2,(H,18,22)(H,23,24,25)(H3,16,17,20,21). The van der Waals surface area contributed by atoms with Crippen LogP contribution in [-0.4, -0.2) is 54.5 Å². The van der Waals surface area contributed by atoms with Crippen molar-refractivity contribution in [2.45, 2.75) is 6.42 Å². The highest BCUT2D eigenvalue weighted by Gasteiger charge is 2.16. The summed E-state index contributed by atoms with van der Waals surface area (Å²) in [6, 6.07) is 1.66. The van der Waals surface area contributed by atoms with E-state index in [-0.39, 0.29) is 24.2 Å². The lowest BCUT2D eigenvalue weighted by atomic mass is 10.3. The van der Waals surface area contributed by atoms with Gasteiger partial charge in [-0.3, -0.25) is 14.3 Å². The van der Waals surface area contributed by atoms with Crippen molar-refractivity contribution < 1.29 is 17.8 Å². The molecule has 10 nitrogen and oxygen atoms in total. The first kappa shape index (κ1) is 20.6. The Hall–Kier alpha value is -1.70. The SMILES string of the molecule is NC1=NC(=NCCS(=O)(=O)O)C(=CCCNC(=O)c2cc(Br)c(Br)[nH]2)N1. The zero-order valence-electron chi connectivity index (χ0n) is 13.3. The van der Waals surface area contributed by atoms with E-state index in [0.29, 0.717) is 29.0 Å². The van der Waals surface area contributed by atoms with E-state index in [1.807, 2.05) is 0 Å². The lowest BCUT2D eigenvalue weighted by Crippen LogP contribution is -2.27. The molecule has 0 fully saturated rings. The van der Waals surface area contributed by atoms with Crippen molar-refractivity contribution in [2.24, 2.45) is 15.7 Å². The van der Waals surface area contributed by atoms with Crippen molar-refractivity contribution in [1.82, 2.24) is 15.6 Å². The molecule has 1 amide bonds. The van der Waals surface area contributed by atoms with Gasteiger partial charge in [0.2, 0.25) is 0 Å². The van der Waals surface area contributed by atoms with E-state index in [2.05, 4.69) is 57.5 Å². The first-order chi connectivity index (χ1) is 12.2. The molecule has 0 radical (unpaired) electrons. The van der Waals surface area contributed by atoms with Crippen LogP contribution in [0.4, 0.5) is 0 Å². The van der Waals surface area contributed by atoms with Gasteiger partial charge in [0.1, 0.15) is 5.69 Å². The molecular formula is C13H16Br2N6O4S. The number of hydrogen-bond donors (Lipinski definition) is 5. The highest BCUT2D eigenvalue weighted by molar-refractivity contribution is 9.13. The molecular weight excluding hydrogens is 496 g/mol. The minimum Gasteiger partial charge on any atom is -0.369 e. The van der Waals surface area contributed by atoms with Gasteiger partial charge in [0.05, 0.1) is 27.1 Å². The molecule has 0 spiro atoms. The Labute approximate surface area is 166 Å². The summed E-state index contributed by atoms with van der Waals surface area (Å²) in [5, 5.41) is 5.54. The summed E-state index contributed by atoms with van der Waals surface area (Å²) in [6.07, 6.45) is 2.20. The van der Waals surface area contributed by atoms with Gasteiger partial charge >= 0.3 is 0 Å². The zero-order chi connectivity index (χ0) is 19.3. The highest BCUT2D eigenvalue weighted by Crippen LogP contribution is 2.22. The number of rotatable bonds is 7. The minimum absolute atomic E-state index is 0.131. The van der Waals surface area contributed by atoms with Crippen LogP contribution >= 0.6 is 31.9 Å². The number of nitrogens with one attached hydrogen (secondary N) is 3. The molecule has 142 valence electrons. The van der Waals surface area contributed by atoms with Crippen molar-refractivity contribution in [3.8, 4) is 0 Å². The monoisotopic (exact) mass is 510 g/mol. The Kier molecular flexibility index (Phi) is 6.97. The summed E-state index contributed by atoms with van der Waals surface area (Å²) in [7, 11) is -4.09. The van der Waals surface area contributed by atoms with Gasteiger partial charge in [-0.2, -0.15) is 13.4 Å². The average molecular weight is 512 g/mol. The Balaban J connectivity index is 1.88.